The molecule has 0 radical (unpaired) electrons. The smallest absolute Gasteiger partial charge is 0.248 e. The van der Waals surface area contributed by atoms with Gasteiger partial charge < -0.3 is 21.1 Å². The molecule has 8 heteroatoms. The van der Waals surface area contributed by atoms with Crippen molar-refractivity contribution in [2.75, 3.05) is 25.1 Å². The lowest BCUT2D eigenvalue weighted by atomic mass is 9.81. The van der Waals surface area contributed by atoms with Gasteiger partial charge in [-0.25, -0.2) is 4.98 Å². The highest BCUT2D eigenvalue weighted by molar-refractivity contribution is 6.33. The van der Waals surface area contributed by atoms with E-state index in [1.54, 1.807) is 18.3 Å². The predicted octanol–water partition coefficient (Wildman–Crippen LogP) is 6.20. The van der Waals surface area contributed by atoms with Crippen LogP contribution in [0.1, 0.15) is 28.8 Å². The molecule has 2 aromatic heterocycles. The summed E-state index contributed by atoms with van der Waals surface area (Å²) in [4.78, 5) is 20.7. The molecular formula is C33H32ClN5O2. The van der Waals surface area contributed by atoms with Gasteiger partial charge in [-0.05, 0) is 54.2 Å². The van der Waals surface area contributed by atoms with Crippen LogP contribution in [0, 0.1) is 5.92 Å². The number of fused-ring (bicyclic) bond motifs is 3. The van der Waals surface area contributed by atoms with Crippen molar-refractivity contribution in [3.63, 3.8) is 0 Å². The van der Waals surface area contributed by atoms with Crippen molar-refractivity contribution in [2.45, 2.75) is 25.4 Å². The number of ether oxygens (including phenoxy) is 1. The van der Waals surface area contributed by atoms with Crippen LogP contribution in [0.25, 0.3) is 32.8 Å². The number of amides is 1. The van der Waals surface area contributed by atoms with E-state index < -0.39 is 5.91 Å². The van der Waals surface area contributed by atoms with Crippen LogP contribution < -0.4 is 16.4 Å². The van der Waals surface area contributed by atoms with Gasteiger partial charge in [-0.15, -0.1) is 0 Å². The van der Waals surface area contributed by atoms with Crippen LogP contribution in [0.4, 0.5) is 5.82 Å². The van der Waals surface area contributed by atoms with Crippen LogP contribution in [0.2, 0.25) is 5.02 Å². The highest BCUT2D eigenvalue weighted by Crippen LogP contribution is 2.31. The van der Waals surface area contributed by atoms with Gasteiger partial charge in [0, 0.05) is 70.4 Å². The number of pyridine rings is 2. The molecule has 0 unspecified atom stereocenters. The summed E-state index contributed by atoms with van der Waals surface area (Å²) in [7, 11) is 0. The average molecular weight is 566 g/mol. The molecular weight excluding hydrogens is 534 g/mol. The van der Waals surface area contributed by atoms with Crippen molar-refractivity contribution < 1.29 is 9.53 Å². The van der Waals surface area contributed by atoms with Gasteiger partial charge in [0.2, 0.25) is 5.91 Å². The Hall–Kier alpha value is -4.04. The molecule has 1 aliphatic carbocycles. The van der Waals surface area contributed by atoms with Gasteiger partial charge in [-0.2, -0.15) is 0 Å². The fourth-order valence-electron chi connectivity index (χ4n) is 5.45. The molecule has 0 aliphatic heterocycles. The van der Waals surface area contributed by atoms with Gasteiger partial charge >= 0.3 is 0 Å². The van der Waals surface area contributed by atoms with E-state index in [1.807, 2.05) is 36.5 Å². The molecule has 208 valence electrons. The van der Waals surface area contributed by atoms with Gasteiger partial charge in [0.15, 0.2) is 0 Å². The number of carbonyl (C=O) groups excluding carboxylic acids is 1. The Morgan fingerprint density at radius 1 is 1.00 bits per heavy atom. The first-order chi connectivity index (χ1) is 20.0. The molecule has 0 bridgehead atoms. The topological polar surface area (TPSA) is 102 Å². The molecule has 0 saturated heterocycles. The molecule has 41 heavy (non-hydrogen) atoms. The summed E-state index contributed by atoms with van der Waals surface area (Å²) in [5.74, 6) is 0.831. The van der Waals surface area contributed by atoms with Gasteiger partial charge in [0.1, 0.15) is 5.82 Å². The number of nitrogens with two attached hydrogens (primary N) is 1. The lowest BCUT2D eigenvalue weighted by Crippen LogP contribution is -2.42. The molecule has 0 atom stereocenters. The summed E-state index contributed by atoms with van der Waals surface area (Å²) in [6, 6.07) is 24.3. The van der Waals surface area contributed by atoms with Crippen LogP contribution in [-0.4, -0.2) is 41.7 Å². The van der Waals surface area contributed by atoms with Crippen molar-refractivity contribution in [3.8, 4) is 11.1 Å². The van der Waals surface area contributed by atoms with E-state index in [0.717, 1.165) is 64.1 Å². The van der Waals surface area contributed by atoms with Crippen LogP contribution in [-0.2, 0) is 11.3 Å². The van der Waals surface area contributed by atoms with Crippen molar-refractivity contribution >= 4 is 45.0 Å². The number of anilines is 1. The third-order valence-electron chi connectivity index (χ3n) is 7.72. The Morgan fingerprint density at radius 3 is 2.66 bits per heavy atom. The number of benzene rings is 3. The van der Waals surface area contributed by atoms with Crippen molar-refractivity contribution in [3.05, 3.63) is 101 Å². The van der Waals surface area contributed by atoms with E-state index >= 15 is 0 Å². The Labute approximate surface area is 244 Å². The molecule has 6 rings (SSSR count). The van der Waals surface area contributed by atoms with Gasteiger partial charge in [-0.1, -0.05) is 60.1 Å². The summed E-state index contributed by atoms with van der Waals surface area (Å²) in [5, 5.41) is 10.7. The largest absolute Gasteiger partial charge is 0.379 e. The Morgan fingerprint density at radius 2 is 1.85 bits per heavy atom. The highest BCUT2D eigenvalue weighted by Gasteiger charge is 2.28. The summed E-state index contributed by atoms with van der Waals surface area (Å²) >= 11 is 6.57. The Kier molecular flexibility index (Phi) is 8.09. The molecule has 2 heterocycles. The minimum absolute atomic E-state index is 0.431. The minimum Gasteiger partial charge on any atom is -0.379 e. The number of nitrogens with one attached hydrogen (secondary N) is 2. The zero-order valence-corrected chi connectivity index (χ0v) is 23.4. The van der Waals surface area contributed by atoms with E-state index in [1.165, 1.54) is 5.56 Å². The predicted molar refractivity (Wildman–Crippen MR) is 165 cm³/mol. The number of halogens is 1. The number of primary amides is 1. The number of aromatic nitrogens is 2. The van der Waals surface area contributed by atoms with Crippen LogP contribution >= 0.6 is 11.6 Å². The second-order valence-electron chi connectivity index (χ2n) is 10.6. The molecule has 3 aromatic carbocycles. The SMILES string of the molecule is NC(=O)c1ccc2c(c1)nc(NCCOCC1CC(NCc3ccc(-c4ccccc4)c(Cl)c3)C1)c1ccncc12. The average Bonchev–Trinajstić information content (AvgIpc) is 2.97. The van der Waals surface area contributed by atoms with E-state index in [0.29, 0.717) is 36.2 Å². The molecule has 4 N–H and O–H groups in total. The standard InChI is InChI=1S/C33H32ClN5O2/c34-30-16-21(6-8-26(30)23-4-2-1-3-5-23)18-38-25-14-22(15-25)20-41-13-12-37-33-28-10-11-36-19-29(28)27-9-7-24(32(35)40)17-31(27)39-33/h1-11,16-17,19,22,25,38H,12-15,18,20H2,(H2,35,40)(H,37,39). The monoisotopic (exact) mass is 565 g/mol. The lowest BCUT2D eigenvalue weighted by Gasteiger charge is -2.36. The first-order valence-electron chi connectivity index (χ1n) is 13.9. The molecule has 1 fully saturated rings. The van der Waals surface area contributed by atoms with Crippen LogP contribution in [0.15, 0.2) is 85.2 Å². The lowest BCUT2D eigenvalue weighted by molar-refractivity contribution is 0.0597. The van der Waals surface area contributed by atoms with Crippen molar-refractivity contribution in [2.24, 2.45) is 11.7 Å². The van der Waals surface area contributed by atoms with Gasteiger partial charge in [0.05, 0.1) is 12.1 Å². The summed E-state index contributed by atoms with van der Waals surface area (Å²) in [6.07, 6.45) is 5.79. The van der Waals surface area contributed by atoms with E-state index in [4.69, 9.17) is 27.1 Å². The van der Waals surface area contributed by atoms with Crippen LogP contribution in [0.5, 0.6) is 0 Å². The number of rotatable bonds is 11. The maximum Gasteiger partial charge on any atom is 0.248 e. The number of hydrogen-bond acceptors (Lipinski definition) is 6. The molecule has 7 nitrogen and oxygen atoms in total. The number of hydrogen-bond donors (Lipinski definition) is 3. The molecule has 1 amide bonds. The molecule has 1 saturated carbocycles. The van der Waals surface area contributed by atoms with E-state index in [9.17, 15) is 4.79 Å². The van der Waals surface area contributed by atoms with E-state index in [2.05, 4.69) is 45.9 Å². The Bertz CT molecular complexity index is 1690. The number of nitrogens with zero attached hydrogens (tertiary/aromatic N) is 2. The maximum atomic E-state index is 11.7. The normalized spacial score (nSPS) is 16.5. The highest BCUT2D eigenvalue weighted by atomic mass is 35.5. The third kappa shape index (κ3) is 6.17. The quantitative estimate of drug-likeness (QED) is 0.130. The van der Waals surface area contributed by atoms with Gasteiger partial charge in [-0.3, -0.25) is 9.78 Å². The third-order valence-corrected chi connectivity index (χ3v) is 8.03. The van der Waals surface area contributed by atoms with Crippen molar-refractivity contribution in [1.82, 2.24) is 15.3 Å². The zero-order valence-electron chi connectivity index (χ0n) is 22.6. The maximum absolute atomic E-state index is 11.7. The second-order valence-corrected chi connectivity index (χ2v) is 11.0. The first-order valence-corrected chi connectivity index (χ1v) is 14.3. The first kappa shape index (κ1) is 27.1. The zero-order chi connectivity index (χ0) is 28.2. The van der Waals surface area contributed by atoms with Gasteiger partial charge in [0.25, 0.3) is 0 Å². The fraction of sp³-hybridized carbons (Fsp3) is 0.242. The summed E-state index contributed by atoms with van der Waals surface area (Å²) in [5.41, 5.74) is 9.99. The molecule has 1 aliphatic rings. The minimum atomic E-state index is -0.474. The second kappa shape index (κ2) is 12.2. The molecule has 5 aromatic rings. The Balaban J connectivity index is 0.949. The van der Waals surface area contributed by atoms with Crippen molar-refractivity contribution in [1.29, 1.82) is 0 Å². The van der Waals surface area contributed by atoms with Crippen LogP contribution in [0.3, 0.4) is 0 Å². The van der Waals surface area contributed by atoms with E-state index in [-0.39, 0.29) is 0 Å². The fourth-order valence-corrected chi connectivity index (χ4v) is 5.76. The summed E-state index contributed by atoms with van der Waals surface area (Å²) in [6.45, 7) is 2.75. The number of carbonyl (C=O) groups is 1. The summed E-state index contributed by atoms with van der Waals surface area (Å²) < 4.78 is 5.98. The molecule has 0 spiro atoms.